The molecule has 2 aromatic heterocycles. The third kappa shape index (κ3) is 5.72. The summed E-state index contributed by atoms with van der Waals surface area (Å²) in [5.41, 5.74) is 22.3. The summed E-state index contributed by atoms with van der Waals surface area (Å²) in [4.78, 5) is 40.1. The highest BCUT2D eigenvalue weighted by Crippen LogP contribution is 2.32. The number of aliphatic hydroxyl groups is 3. The molecule has 0 radical (unpaired) electrons. The molecular formula is C18H28N10O7. The van der Waals surface area contributed by atoms with Gasteiger partial charge in [0, 0.05) is 6.54 Å². The van der Waals surface area contributed by atoms with Crippen LogP contribution in [0.4, 0.5) is 5.95 Å². The number of aliphatic carboxylic acids is 1. The number of carbonyl (C=O) groups is 2. The van der Waals surface area contributed by atoms with Crippen LogP contribution in [0.25, 0.3) is 11.2 Å². The Morgan fingerprint density at radius 2 is 1.91 bits per heavy atom. The lowest BCUT2D eigenvalue weighted by Gasteiger charge is -2.42. The number of nitrogens with zero attached hydrogens (tertiary/aromatic N) is 5. The van der Waals surface area contributed by atoms with Crippen molar-refractivity contribution in [1.29, 1.82) is 0 Å². The second-order valence-corrected chi connectivity index (χ2v) is 7.93. The minimum atomic E-state index is -1.88. The summed E-state index contributed by atoms with van der Waals surface area (Å²) in [5, 5.41) is 43.4. The summed E-state index contributed by atoms with van der Waals surface area (Å²) in [7, 11) is 0. The maximum absolute atomic E-state index is 12.5. The van der Waals surface area contributed by atoms with Crippen LogP contribution in [0.15, 0.2) is 17.5 Å². The zero-order valence-electron chi connectivity index (χ0n) is 18.4. The van der Waals surface area contributed by atoms with E-state index in [1.54, 1.807) is 0 Å². The number of guanidine groups is 1. The molecular weight excluding hydrogens is 468 g/mol. The fourth-order valence-electron chi connectivity index (χ4n) is 3.61. The standard InChI is InChI=1S/C18H28N10O7/c19-6(2-1-3-23-17(20)21)14(32)26-8(16(33)34)12-10(30)9(29)11(31)15(35-12)28-5-25-7-4-24-18(22)27-13(7)28/h4-6,8-12,15,29-31H,1-3,19H2,(H,26,32)(H,33,34)(H4,20,21,23)(H2,22,24,27)/t6-,8-,9-,10-,11+,12+,15+/m0/s1. The number of nitrogens with one attached hydrogen (secondary N) is 1. The highest BCUT2D eigenvalue weighted by atomic mass is 16.6. The van der Waals surface area contributed by atoms with Crippen molar-refractivity contribution in [2.45, 2.75) is 55.6 Å². The third-order valence-corrected chi connectivity index (χ3v) is 5.43. The van der Waals surface area contributed by atoms with Crippen molar-refractivity contribution in [3.63, 3.8) is 0 Å². The maximum atomic E-state index is 12.5. The number of carbonyl (C=O) groups excluding carboxylic acids is 1. The SMILES string of the molecule is NC(N)=NCCC[C@H](N)C(=O)N[C@H](C(=O)O)[C@H]1O[C@@H](n2cnc3cnc(N)nc32)[C@H](O)[C@@H](O)[C@@H]1O. The van der Waals surface area contributed by atoms with Crippen LogP contribution in [0.3, 0.4) is 0 Å². The Balaban J connectivity index is 1.80. The van der Waals surface area contributed by atoms with Crippen molar-refractivity contribution in [3.8, 4) is 0 Å². The molecule has 35 heavy (non-hydrogen) atoms. The summed E-state index contributed by atoms with van der Waals surface area (Å²) in [6.45, 7) is 0.217. The fraction of sp³-hybridized carbons (Fsp3) is 0.556. The van der Waals surface area contributed by atoms with Gasteiger partial charge in [-0.2, -0.15) is 4.98 Å². The predicted molar refractivity (Wildman–Crippen MR) is 119 cm³/mol. The number of fused-ring (bicyclic) bond motifs is 1. The van der Waals surface area contributed by atoms with Gasteiger partial charge in [0.1, 0.15) is 29.9 Å². The van der Waals surface area contributed by atoms with E-state index < -0.39 is 54.6 Å². The zero-order valence-corrected chi connectivity index (χ0v) is 18.4. The molecule has 0 aliphatic carbocycles. The first kappa shape index (κ1) is 26.0. The number of hydrogen-bond acceptors (Lipinski definition) is 12. The van der Waals surface area contributed by atoms with E-state index in [1.807, 2.05) is 0 Å². The summed E-state index contributed by atoms with van der Waals surface area (Å²) in [5.74, 6) is -2.64. The molecule has 2 aromatic rings. The highest BCUT2D eigenvalue weighted by molar-refractivity contribution is 5.87. The van der Waals surface area contributed by atoms with Gasteiger partial charge in [-0.15, -0.1) is 0 Å². The third-order valence-electron chi connectivity index (χ3n) is 5.43. The molecule has 3 heterocycles. The molecule has 13 N–H and O–H groups in total. The minimum Gasteiger partial charge on any atom is -0.480 e. The average Bonchev–Trinajstić information content (AvgIpc) is 3.21. The molecule has 0 saturated carbocycles. The summed E-state index contributed by atoms with van der Waals surface area (Å²) < 4.78 is 6.89. The Morgan fingerprint density at radius 3 is 2.57 bits per heavy atom. The number of hydrogen-bond donors (Lipinski definition) is 9. The van der Waals surface area contributed by atoms with Gasteiger partial charge in [0.15, 0.2) is 23.9 Å². The number of imidazole rings is 1. The van der Waals surface area contributed by atoms with Crippen LogP contribution in [0, 0.1) is 0 Å². The lowest BCUT2D eigenvalue weighted by atomic mass is 9.93. The second kappa shape index (κ2) is 10.7. The smallest absolute Gasteiger partial charge is 0.329 e. The molecule has 1 aliphatic heterocycles. The second-order valence-electron chi connectivity index (χ2n) is 7.93. The number of nitrogens with two attached hydrogens (primary N) is 4. The van der Waals surface area contributed by atoms with E-state index in [0.717, 1.165) is 0 Å². The quantitative estimate of drug-likeness (QED) is 0.0895. The molecule has 7 atom stereocenters. The number of nitrogen functional groups attached to an aromatic ring is 1. The molecule has 17 heteroatoms. The van der Waals surface area contributed by atoms with Crippen LogP contribution >= 0.6 is 0 Å². The molecule has 0 unspecified atom stereocenters. The number of aliphatic imine (C=N–C) groups is 1. The molecule has 1 fully saturated rings. The van der Waals surface area contributed by atoms with Gasteiger partial charge in [0.25, 0.3) is 0 Å². The van der Waals surface area contributed by atoms with E-state index in [9.17, 15) is 30.0 Å². The van der Waals surface area contributed by atoms with Crippen LogP contribution in [0.1, 0.15) is 19.1 Å². The summed E-state index contributed by atoms with van der Waals surface area (Å²) >= 11 is 0. The van der Waals surface area contributed by atoms with Gasteiger partial charge < -0.3 is 53.4 Å². The van der Waals surface area contributed by atoms with Gasteiger partial charge in [-0.25, -0.2) is 14.8 Å². The fourth-order valence-corrected chi connectivity index (χ4v) is 3.61. The van der Waals surface area contributed by atoms with Crippen LogP contribution in [-0.4, -0.2) is 101 Å². The molecule has 192 valence electrons. The summed E-state index contributed by atoms with van der Waals surface area (Å²) in [6, 6.07) is -2.95. The first-order chi connectivity index (χ1) is 16.5. The maximum Gasteiger partial charge on any atom is 0.329 e. The number of amides is 1. The Bertz CT molecular complexity index is 1090. The number of ether oxygens (including phenoxy) is 1. The van der Waals surface area contributed by atoms with E-state index in [1.165, 1.54) is 17.1 Å². The molecule has 1 aliphatic rings. The van der Waals surface area contributed by atoms with Crippen LogP contribution in [0.5, 0.6) is 0 Å². The van der Waals surface area contributed by atoms with Gasteiger partial charge in [0.05, 0.1) is 18.6 Å². The monoisotopic (exact) mass is 496 g/mol. The molecule has 0 spiro atoms. The number of aliphatic hydroxyl groups excluding tert-OH is 3. The lowest BCUT2D eigenvalue weighted by molar-refractivity contribution is -0.250. The van der Waals surface area contributed by atoms with E-state index >= 15 is 0 Å². The Hall–Kier alpha value is -3.64. The number of anilines is 1. The summed E-state index contributed by atoms with van der Waals surface area (Å²) in [6.07, 6.45) is -5.55. The first-order valence-electron chi connectivity index (χ1n) is 10.5. The van der Waals surface area contributed by atoms with Gasteiger partial charge in [-0.3, -0.25) is 14.4 Å². The Labute approximate surface area is 197 Å². The van der Waals surface area contributed by atoms with Crippen LogP contribution < -0.4 is 28.3 Å². The predicted octanol–water partition coefficient (Wildman–Crippen LogP) is -4.66. The van der Waals surface area contributed by atoms with Gasteiger partial charge >= 0.3 is 5.97 Å². The van der Waals surface area contributed by atoms with E-state index in [4.69, 9.17) is 27.7 Å². The largest absolute Gasteiger partial charge is 0.480 e. The van der Waals surface area contributed by atoms with Crippen LogP contribution in [0.2, 0.25) is 0 Å². The number of carboxylic acids is 1. The first-order valence-corrected chi connectivity index (χ1v) is 10.5. The van der Waals surface area contributed by atoms with Crippen molar-refractivity contribution in [2.75, 3.05) is 12.3 Å². The molecule has 17 nitrogen and oxygen atoms in total. The number of rotatable bonds is 9. The number of aromatic nitrogens is 4. The molecule has 0 bridgehead atoms. The number of carboxylic acid groups (broad SMARTS) is 1. The van der Waals surface area contributed by atoms with Crippen molar-refractivity contribution in [1.82, 2.24) is 24.8 Å². The van der Waals surface area contributed by atoms with Crippen molar-refractivity contribution < 1.29 is 34.8 Å². The van der Waals surface area contributed by atoms with E-state index in [-0.39, 0.29) is 36.0 Å². The molecule has 0 aromatic carbocycles. The Morgan fingerprint density at radius 1 is 1.20 bits per heavy atom. The van der Waals surface area contributed by atoms with Gasteiger partial charge in [-0.1, -0.05) is 0 Å². The molecule has 1 saturated heterocycles. The van der Waals surface area contributed by atoms with E-state index in [0.29, 0.717) is 6.42 Å². The van der Waals surface area contributed by atoms with Crippen molar-refractivity contribution >= 4 is 34.9 Å². The lowest BCUT2D eigenvalue weighted by Crippen LogP contribution is -2.64. The zero-order chi connectivity index (χ0) is 25.9. The van der Waals surface area contributed by atoms with Crippen molar-refractivity contribution in [3.05, 3.63) is 12.5 Å². The van der Waals surface area contributed by atoms with Gasteiger partial charge in [-0.05, 0) is 12.8 Å². The van der Waals surface area contributed by atoms with Crippen LogP contribution in [-0.2, 0) is 14.3 Å². The normalized spacial score (nSPS) is 26.1. The highest BCUT2D eigenvalue weighted by Gasteiger charge is 2.50. The molecule has 1 amide bonds. The molecule has 3 rings (SSSR count). The minimum absolute atomic E-state index is 0.105. The van der Waals surface area contributed by atoms with E-state index in [2.05, 4.69) is 25.3 Å². The van der Waals surface area contributed by atoms with Gasteiger partial charge in [0.2, 0.25) is 11.9 Å². The van der Waals surface area contributed by atoms with Crippen molar-refractivity contribution in [2.24, 2.45) is 22.2 Å². The Kier molecular flexibility index (Phi) is 7.97. The average molecular weight is 496 g/mol. The topological polar surface area (TPSA) is 296 Å².